The van der Waals surface area contributed by atoms with Crippen LogP contribution in [-0.2, 0) is 21.4 Å². The summed E-state index contributed by atoms with van der Waals surface area (Å²) in [6, 6.07) is 8.07. The second-order valence-electron chi connectivity index (χ2n) is 6.18. The van der Waals surface area contributed by atoms with Gasteiger partial charge in [0.25, 0.3) is 0 Å². The molecule has 1 atom stereocenters. The number of benzene rings is 1. The lowest BCUT2D eigenvalue weighted by Gasteiger charge is -2.36. The van der Waals surface area contributed by atoms with E-state index in [9.17, 15) is 13.2 Å². The van der Waals surface area contributed by atoms with Gasteiger partial charge in [0.1, 0.15) is 17.0 Å². The molecule has 2 aromatic rings. The number of rotatable bonds is 2. The summed E-state index contributed by atoms with van der Waals surface area (Å²) in [6.45, 7) is 0.985. The molecule has 1 spiro atoms. The molecule has 2 heterocycles. The fourth-order valence-electron chi connectivity index (χ4n) is 3.37. The van der Waals surface area contributed by atoms with Crippen LogP contribution < -0.4 is 4.74 Å². The molecule has 8 heteroatoms. The summed E-state index contributed by atoms with van der Waals surface area (Å²) in [6.07, 6.45) is -3.72. The Morgan fingerprint density at radius 1 is 1.08 bits per heavy atom. The molecule has 0 N–H and O–H groups in total. The summed E-state index contributed by atoms with van der Waals surface area (Å²) in [5.41, 5.74) is 0.620. The van der Waals surface area contributed by atoms with Gasteiger partial charge in [0, 0.05) is 12.0 Å². The van der Waals surface area contributed by atoms with Gasteiger partial charge in [-0.3, -0.25) is 0 Å². The largest absolute Gasteiger partial charge is 0.484 e. The van der Waals surface area contributed by atoms with Crippen molar-refractivity contribution >= 4 is 11.6 Å². The van der Waals surface area contributed by atoms with Gasteiger partial charge >= 0.3 is 6.18 Å². The zero-order valence-electron chi connectivity index (χ0n) is 13.6. The van der Waals surface area contributed by atoms with Gasteiger partial charge in [-0.15, -0.1) is 0 Å². The molecule has 0 bridgehead atoms. The van der Waals surface area contributed by atoms with Crippen molar-refractivity contribution in [2.45, 2.75) is 30.9 Å². The van der Waals surface area contributed by atoms with Gasteiger partial charge in [-0.25, -0.2) is 4.98 Å². The average Bonchev–Trinajstić information content (AvgIpc) is 3.07. The SMILES string of the molecule is FC(F)(F)c1ccc(OC2CCC3(OCCO3)c3ccc(Cl)nc32)cc1. The van der Waals surface area contributed by atoms with Crippen LogP contribution in [0.2, 0.25) is 5.15 Å². The van der Waals surface area contributed by atoms with Crippen LogP contribution in [0.15, 0.2) is 36.4 Å². The summed E-state index contributed by atoms with van der Waals surface area (Å²) in [5.74, 6) is -0.507. The molecule has 4 nitrogen and oxygen atoms in total. The summed E-state index contributed by atoms with van der Waals surface area (Å²) < 4.78 is 55.6. The molecule has 1 aliphatic carbocycles. The molecule has 1 unspecified atom stereocenters. The first kappa shape index (κ1) is 17.6. The van der Waals surface area contributed by atoms with Crippen LogP contribution in [0, 0.1) is 0 Å². The predicted molar refractivity (Wildman–Crippen MR) is 86.9 cm³/mol. The maximum absolute atomic E-state index is 12.7. The number of nitrogens with zero attached hydrogens (tertiary/aromatic N) is 1. The first-order valence-corrected chi connectivity index (χ1v) is 8.54. The Morgan fingerprint density at radius 3 is 2.42 bits per heavy atom. The standard InChI is InChI=1S/C18H15ClF3NO3/c19-15-6-5-13-16(23-15)14(7-8-17(13)24-9-10-25-17)26-12-3-1-11(2-4-12)18(20,21)22/h1-6,14H,7-10H2. The fraction of sp³-hybridized carbons (Fsp3) is 0.389. The number of hydrogen-bond acceptors (Lipinski definition) is 4. The van der Waals surface area contributed by atoms with Crippen molar-refractivity contribution in [1.29, 1.82) is 0 Å². The topological polar surface area (TPSA) is 40.6 Å². The van der Waals surface area contributed by atoms with Crippen molar-refractivity contribution in [3.63, 3.8) is 0 Å². The lowest BCUT2D eigenvalue weighted by molar-refractivity contribution is -0.182. The Hall–Kier alpha value is -1.83. The molecule has 26 heavy (non-hydrogen) atoms. The zero-order valence-corrected chi connectivity index (χ0v) is 14.3. The van der Waals surface area contributed by atoms with Crippen LogP contribution in [-0.4, -0.2) is 18.2 Å². The van der Waals surface area contributed by atoms with Gasteiger partial charge in [0.15, 0.2) is 5.79 Å². The Bertz CT molecular complexity index is 804. The molecule has 0 saturated carbocycles. The van der Waals surface area contributed by atoms with E-state index in [0.29, 0.717) is 42.7 Å². The number of pyridine rings is 1. The van der Waals surface area contributed by atoms with E-state index in [1.165, 1.54) is 12.1 Å². The molecule has 138 valence electrons. The van der Waals surface area contributed by atoms with Gasteiger partial charge in [0.2, 0.25) is 0 Å². The summed E-state index contributed by atoms with van der Waals surface area (Å²) >= 11 is 6.04. The number of ether oxygens (including phenoxy) is 3. The second-order valence-corrected chi connectivity index (χ2v) is 6.57. The summed E-state index contributed by atoms with van der Waals surface area (Å²) in [5, 5.41) is 0.305. The molecular weight excluding hydrogens is 371 g/mol. The Morgan fingerprint density at radius 2 is 1.77 bits per heavy atom. The van der Waals surface area contributed by atoms with Gasteiger partial charge < -0.3 is 14.2 Å². The second kappa shape index (κ2) is 6.40. The van der Waals surface area contributed by atoms with E-state index in [-0.39, 0.29) is 0 Å². The van der Waals surface area contributed by atoms with Crippen LogP contribution in [0.4, 0.5) is 13.2 Å². The summed E-state index contributed by atoms with van der Waals surface area (Å²) in [4.78, 5) is 4.37. The quantitative estimate of drug-likeness (QED) is 0.692. The third kappa shape index (κ3) is 3.15. The van der Waals surface area contributed by atoms with Crippen molar-refractivity contribution in [2.75, 3.05) is 13.2 Å². The zero-order chi connectivity index (χ0) is 18.4. The Balaban J connectivity index is 1.62. The molecular formula is C18H15ClF3NO3. The van der Waals surface area contributed by atoms with Crippen molar-refractivity contribution in [3.8, 4) is 5.75 Å². The van der Waals surface area contributed by atoms with E-state index in [1.807, 2.05) is 0 Å². The molecule has 0 radical (unpaired) electrons. The molecule has 0 amide bonds. The predicted octanol–water partition coefficient (Wildman–Crippen LogP) is 4.87. The number of fused-ring (bicyclic) bond motifs is 2. The van der Waals surface area contributed by atoms with Crippen LogP contribution in [0.1, 0.15) is 35.8 Å². The maximum Gasteiger partial charge on any atom is 0.416 e. The van der Waals surface area contributed by atoms with Crippen LogP contribution in [0.3, 0.4) is 0 Å². The van der Waals surface area contributed by atoms with E-state index in [4.69, 9.17) is 25.8 Å². The van der Waals surface area contributed by atoms with E-state index >= 15 is 0 Å². The molecule has 1 aliphatic heterocycles. The van der Waals surface area contributed by atoms with Gasteiger partial charge in [-0.05, 0) is 42.8 Å². The highest BCUT2D eigenvalue weighted by atomic mass is 35.5. The lowest BCUT2D eigenvalue weighted by atomic mass is 9.88. The monoisotopic (exact) mass is 385 g/mol. The average molecular weight is 386 g/mol. The Labute approximate surface area is 152 Å². The lowest BCUT2D eigenvalue weighted by Crippen LogP contribution is -2.35. The van der Waals surface area contributed by atoms with Crippen molar-refractivity contribution in [2.24, 2.45) is 0 Å². The molecule has 4 rings (SSSR count). The van der Waals surface area contributed by atoms with Gasteiger partial charge in [-0.2, -0.15) is 13.2 Å². The highest BCUT2D eigenvalue weighted by Crippen LogP contribution is 2.46. The maximum atomic E-state index is 12.7. The first-order chi connectivity index (χ1) is 12.4. The van der Waals surface area contributed by atoms with E-state index < -0.39 is 23.6 Å². The minimum absolute atomic E-state index is 0.305. The van der Waals surface area contributed by atoms with E-state index in [2.05, 4.69) is 4.98 Å². The van der Waals surface area contributed by atoms with Crippen molar-refractivity contribution in [3.05, 3.63) is 58.4 Å². The molecule has 1 aromatic carbocycles. The molecule has 1 aromatic heterocycles. The van der Waals surface area contributed by atoms with Crippen LogP contribution >= 0.6 is 11.6 Å². The number of alkyl halides is 3. The normalized spacial score (nSPS) is 21.6. The number of halogens is 4. The minimum atomic E-state index is -4.38. The fourth-order valence-corrected chi connectivity index (χ4v) is 3.52. The highest BCUT2D eigenvalue weighted by Gasteiger charge is 2.46. The minimum Gasteiger partial charge on any atom is -0.484 e. The number of aromatic nitrogens is 1. The van der Waals surface area contributed by atoms with Crippen LogP contribution in [0.5, 0.6) is 5.75 Å². The third-order valence-corrected chi connectivity index (χ3v) is 4.77. The first-order valence-electron chi connectivity index (χ1n) is 8.16. The third-order valence-electron chi connectivity index (χ3n) is 4.56. The van der Waals surface area contributed by atoms with Gasteiger partial charge in [0.05, 0.1) is 24.5 Å². The Kier molecular flexibility index (Phi) is 4.33. The smallest absolute Gasteiger partial charge is 0.416 e. The summed E-state index contributed by atoms with van der Waals surface area (Å²) in [7, 11) is 0. The molecule has 2 aliphatic rings. The molecule has 1 fully saturated rings. The van der Waals surface area contributed by atoms with Crippen LogP contribution in [0.25, 0.3) is 0 Å². The van der Waals surface area contributed by atoms with E-state index in [1.54, 1.807) is 12.1 Å². The van der Waals surface area contributed by atoms with Gasteiger partial charge in [-0.1, -0.05) is 11.6 Å². The van der Waals surface area contributed by atoms with Crippen molar-refractivity contribution < 1.29 is 27.4 Å². The number of hydrogen-bond donors (Lipinski definition) is 0. The molecule has 1 saturated heterocycles. The van der Waals surface area contributed by atoms with E-state index in [0.717, 1.165) is 17.7 Å². The highest BCUT2D eigenvalue weighted by molar-refractivity contribution is 6.29. The van der Waals surface area contributed by atoms with Crippen molar-refractivity contribution in [1.82, 2.24) is 4.98 Å².